The van der Waals surface area contributed by atoms with Crippen molar-refractivity contribution in [1.29, 1.82) is 0 Å². The van der Waals surface area contributed by atoms with Crippen molar-refractivity contribution in [3.63, 3.8) is 0 Å². The van der Waals surface area contributed by atoms with Gasteiger partial charge in [0.15, 0.2) is 0 Å². The minimum absolute atomic E-state index is 0.0491. The van der Waals surface area contributed by atoms with Crippen molar-refractivity contribution in [1.82, 2.24) is 15.5 Å². The molecular weight excluding hydrogens is 266 g/mol. The Morgan fingerprint density at radius 3 is 2.67 bits per heavy atom. The highest BCUT2D eigenvalue weighted by molar-refractivity contribution is 5.75. The summed E-state index contributed by atoms with van der Waals surface area (Å²) >= 11 is 0. The van der Waals surface area contributed by atoms with Crippen LogP contribution in [0.4, 0.5) is 4.79 Å². The molecule has 2 rings (SSSR count). The van der Waals surface area contributed by atoms with Crippen molar-refractivity contribution in [2.45, 2.75) is 64.6 Å². The van der Waals surface area contributed by atoms with E-state index in [4.69, 9.17) is 4.74 Å². The van der Waals surface area contributed by atoms with Crippen LogP contribution in [0.25, 0.3) is 0 Å². The van der Waals surface area contributed by atoms with Gasteiger partial charge in [-0.3, -0.25) is 0 Å². The van der Waals surface area contributed by atoms with E-state index < -0.39 is 0 Å². The number of amides is 2. The van der Waals surface area contributed by atoms with Crippen LogP contribution in [0, 0.1) is 5.92 Å². The van der Waals surface area contributed by atoms with Crippen LogP contribution in [0.1, 0.15) is 47.0 Å². The van der Waals surface area contributed by atoms with Gasteiger partial charge in [0.2, 0.25) is 0 Å². The zero-order valence-corrected chi connectivity index (χ0v) is 13.9. The summed E-state index contributed by atoms with van der Waals surface area (Å²) in [6.45, 7) is 12.3. The van der Waals surface area contributed by atoms with Gasteiger partial charge in [0.05, 0.1) is 6.10 Å². The number of hydrogen-bond donors (Lipinski definition) is 2. The van der Waals surface area contributed by atoms with Crippen LogP contribution < -0.4 is 10.6 Å². The highest BCUT2D eigenvalue weighted by Gasteiger charge is 2.29. The van der Waals surface area contributed by atoms with Crippen LogP contribution >= 0.6 is 0 Å². The number of likely N-dealkylation sites (tertiary alicyclic amines) is 1. The molecule has 0 aromatic rings. The van der Waals surface area contributed by atoms with Gasteiger partial charge in [0, 0.05) is 37.8 Å². The Morgan fingerprint density at radius 2 is 2.10 bits per heavy atom. The molecule has 2 N–H and O–H groups in total. The Morgan fingerprint density at radius 1 is 1.33 bits per heavy atom. The Bertz CT molecular complexity index is 348. The monoisotopic (exact) mass is 297 g/mol. The van der Waals surface area contributed by atoms with Crippen molar-refractivity contribution in [2.75, 3.05) is 26.2 Å². The fraction of sp³-hybridized carbons (Fsp3) is 0.938. The van der Waals surface area contributed by atoms with Gasteiger partial charge < -0.3 is 20.3 Å². The van der Waals surface area contributed by atoms with E-state index in [-0.39, 0.29) is 17.6 Å². The van der Waals surface area contributed by atoms with Crippen molar-refractivity contribution in [3.05, 3.63) is 0 Å². The Hall–Kier alpha value is -0.810. The summed E-state index contributed by atoms with van der Waals surface area (Å²) in [6.07, 6.45) is 3.84. The lowest BCUT2D eigenvalue weighted by molar-refractivity contribution is 0.0522. The van der Waals surface area contributed by atoms with E-state index in [1.807, 2.05) is 20.8 Å². The van der Waals surface area contributed by atoms with Gasteiger partial charge in [-0.05, 0) is 46.0 Å². The third kappa shape index (κ3) is 5.47. The standard InChI is InChI=1S/C16H31N3O2/c1-12-10-19(11-13-6-5-9-21-13)8-7-14(12)17-15(20)18-16(2,3)4/h12-14H,5-11H2,1-4H3,(H2,17,18,20)/t12-,13-,14+/m1/s1. The summed E-state index contributed by atoms with van der Waals surface area (Å²) in [5.74, 6) is 0.478. The van der Waals surface area contributed by atoms with Crippen LogP contribution in [0.5, 0.6) is 0 Å². The molecule has 0 aliphatic carbocycles. The molecule has 0 spiro atoms. The molecule has 2 heterocycles. The molecule has 2 saturated heterocycles. The molecular formula is C16H31N3O2. The second-order valence-corrected chi connectivity index (χ2v) is 7.62. The van der Waals surface area contributed by atoms with Crippen LogP contribution in [0.3, 0.4) is 0 Å². The molecule has 5 nitrogen and oxygen atoms in total. The number of ether oxygens (including phenoxy) is 1. The Labute approximate surface area is 128 Å². The second-order valence-electron chi connectivity index (χ2n) is 7.62. The fourth-order valence-corrected chi connectivity index (χ4v) is 3.23. The molecule has 0 aromatic heterocycles. The van der Waals surface area contributed by atoms with Gasteiger partial charge in [0.1, 0.15) is 0 Å². The number of rotatable bonds is 3. The largest absolute Gasteiger partial charge is 0.377 e. The second kappa shape index (κ2) is 6.97. The molecule has 3 atom stereocenters. The summed E-state index contributed by atoms with van der Waals surface area (Å²) < 4.78 is 5.72. The molecule has 0 unspecified atom stereocenters. The number of carbonyl (C=O) groups is 1. The molecule has 2 fully saturated rings. The highest BCUT2D eigenvalue weighted by atomic mass is 16.5. The van der Waals surface area contributed by atoms with Crippen molar-refractivity contribution < 1.29 is 9.53 Å². The van der Waals surface area contributed by atoms with E-state index in [9.17, 15) is 4.79 Å². The molecule has 0 aromatic carbocycles. The zero-order valence-electron chi connectivity index (χ0n) is 13.9. The topological polar surface area (TPSA) is 53.6 Å². The number of piperidine rings is 1. The lowest BCUT2D eigenvalue weighted by atomic mass is 9.93. The quantitative estimate of drug-likeness (QED) is 0.837. The first-order valence-corrected chi connectivity index (χ1v) is 8.26. The van der Waals surface area contributed by atoms with Crippen molar-refractivity contribution in [3.8, 4) is 0 Å². The lowest BCUT2D eigenvalue weighted by Gasteiger charge is -2.38. The summed E-state index contributed by atoms with van der Waals surface area (Å²) in [5, 5.41) is 6.10. The first-order valence-electron chi connectivity index (χ1n) is 8.26. The molecule has 2 aliphatic heterocycles. The third-order valence-corrected chi connectivity index (χ3v) is 4.28. The van der Waals surface area contributed by atoms with Gasteiger partial charge >= 0.3 is 6.03 Å². The molecule has 0 saturated carbocycles. The van der Waals surface area contributed by atoms with Crippen LogP contribution in [0.2, 0.25) is 0 Å². The molecule has 2 aliphatic rings. The van der Waals surface area contributed by atoms with Crippen molar-refractivity contribution in [2.24, 2.45) is 5.92 Å². The van der Waals surface area contributed by atoms with Gasteiger partial charge in [-0.25, -0.2) is 4.79 Å². The fourth-order valence-electron chi connectivity index (χ4n) is 3.23. The maximum atomic E-state index is 12.0. The average molecular weight is 297 g/mol. The van der Waals surface area contributed by atoms with Gasteiger partial charge in [-0.15, -0.1) is 0 Å². The van der Waals surface area contributed by atoms with Crippen LogP contribution in [-0.4, -0.2) is 54.9 Å². The predicted molar refractivity (Wildman–Crippen MR) is 84.4 cm³/mol. The maximum Gasteiger partial charge on any atom is 0.315 e. The third-order valence-electron chi connectivity index (χ3n) is 4.28. The average Bonchev–Trinajstić information content (AvgIpc) is 2.83. The number of hydrogen-bond acceptors (Lipinski definition) is 3. The predicted octanol–water partition coefficient (Wildman–Crippen LogP) is 1.97. The van der Waals surface area contributed by atoms with E-state index in [0.29, 0.717) is 12.0 Å². The van der Waals surface area contributed by atoms with E-state index in [0.717, 1.165) is 32.7 Å². The first kappa shape index (κ1) is 16.6. The number of nitrogens with one attached hydrogen (secondary N) is 2. The van der Waals surface area contributed by atoms with E-state index >= 15 is 0 Å². The molecule has 2 amide bonds. The lowest BCUT2D eigenvalue weighted by Crippen LogP contribution is -2.55. The van der Waals surface area contributed by atoms with Gasteiger partial charge in [-0.2, -0.15) is 0 Å². The van der Waals surface area contributed by atoms with Crippen LogP contribution in [-0.2, 0) is 4.74 Å². The molecule has 0 radical (unpaired) electrons. The minimum atomic E-state index is -0.187. The summed E-state index contributed by atoms with van der Waals surface area (Å²) in [4.78, 5) is 14.5. The minimum Gasteiger partial charge on any atom is -0.377 e. The van der Waals surface area contributed by atoms with E-state index in [2.05, 4.69) is 22.5 Å². The summed E-state index contributed by atoms with van der Waals surface area (Å²) in [7, 11) is 0. The van der Waals surface area contributed by atoms with Crippen molar-refractivity contribution >= 4 is 6.03 Å². The van der Waals surface area contributed by atoms with E-state index in [1.165, 1.54) is 12.8 Å². The molecule has 122 valence electrons. The molecule has 5 heteroatoms. The number of urea groups is 1. The summed E-state index contributed by atoms with van der Waals surface area (Å²) in [6, 6.07) is 0.222. The van der Waals surface area contributed by atoms with Gasteiger partial charge in [0.25, 0.3) is 0 Å². The number of carbonyl (C=O) groups excluding carboxylic acids is 1. The zero-order chi connectivity index (χ0) is 15.5. The van der Waals surface area contributed by atoms with E-state index in [1.54, 1.807) is 0 Å². The van der Waals surface area contributed by atoms with Gasteiger partial charge in [-0.1, -0.05) is 6.92 Å². The number of nitrogens with zero attached hydrogens (tertiary/aromatic N) is 1. The van der Waals surface area contributed by atoms with Crippen LogP contribution in [0.15, 0.2) is 0 Å². The SMILES string of the molecule is C[C@@H]1CN(C[C@H]2CCCO2)CC[C@@H]1NC(=O)NC(C)(C)C. The molecule has 0 bridgehead atoms. The first-order chi connectivity index (χ1) is 9.83. The molecule has 21 heavy (non-hydrogen) atoms. The summed E-state index contributed by atoms with van der Waals surface area (Å²) in [5.41, 5.74) is -0.187. The highest BCUT2D eigenvalue weighted by Crippen LogP contribution is 2.20. The normalized spacial score (nSPS) is 31.1. The smallest absolute Gasteiger partial charge is 0.315 e. The Kier molecular flexibility index (Phi) is 5.49. The maximum absolute atomic E-state index is 12.0. The Balaban J connectivity index is 1.74.